The lowest BCUT2D eigenvalue weighted by Gasteiger charge is -2.32. The van der Waals surface area contributed by atoms with E-state index in [1.54, 1.807) is 61.8 Å². The molecule has 4 aromatic carbocycles. The summed E-state index contributed by atoms with van der Waals surface area (Å²) in [5.74, 6) is -1.06. The normalized spacial score (nSPS) is 13.7. The molecule has 0 radical (unpaired) electrons. The first-order valence-electron chi connectivity index (χ1n) is 16.8. The van der Waals surface area contributed by atoms with E-state index in [-0.39, 0.29) is 17.1 Å². The third-order valence-corrected chi connectivity index (χ3v) is 8.94. The highest BCUT2D eigenvalue weighted by Gasteiger charge is 2.21. The summed E-state index contributed by atoms with van der Waals surface area (Å²) in [6.45, 7) is 5.67. The van der Waals surface area contributed by atoms with Crippen LogP contribution in [0, 0.1) is 11.6 Å². The molecule has 2 aromatic heterocycles. The summed E-state index contributed by atoms with van der Waals surface area (Å²) in [6, 6.07) is 21.3. The maximum Gasteiger partial charge on any atom is 0.287 e. The van der Waals surface area contributed by atoms with E-state index >= 15 is 4.39 Å². The third-order valence-electron chi connectivity index (χ3n) is 8.94. The standard InChI is InChI=1S/C39H36F2N6O5/c1-45-17-19-46(20-18-45)16-7-21-51-36-24-30-26(23-35(36)50-2)33(14-15-42-30)52-34-13-12-25(22-28(34)41)43-38(48)37-39(49)47(31-10-5-3-8-27(31)40)32-11-6-4-9-29(32)44-37/h3-6,8-15,22-24H,7,16-21H2,1-2H3,(H,43,48). The predicted octanol–water partition coefficient (Wildman–Crippen LogP) is 6.28. The van der Waals surface area contributed by atoms with Crippen molar-refractivity contribution < 1.29 is 27.8 Å². The molecule has 266 valence electrons. The van der Waals surface area contributed by atoms with E-state index in [0.29, 0.717) is 45.8 Å². The van der Waals surface area contributed by atoms with Crippen LogP contribution in [0.3, 0.4) is 0 Å². The number of nitrogens with zero attached hydrogens (tertiary/aromatic N) is 5. The number of pyridine rings is 1. The first-order valence-corrected chi connectivity index (χ1v) is 16.8. The van der Waals surface area contributed by atoms with Gasteiger partial charge in [-0.2, -0.15) is 0 Å². The van der Waals surface area contributed by atoms with Gasteiger partial charge in [-0.3, -0.25) is 19.1 Å². The van der Waals surface area contributed by atoms with E-state index in [1.165, 1.54) is 30.3 Å². The van der Waals surface area contributed by atoms with Crippen molar-refractivity contribution in [3.8, 4) is 28.7 Å². The number of fused-ring (bicyclic) bond motifs is 2. The lowest BCUT2D eigenvalue weighted by atomic mass is 10.1. The summed E-state index contributed by atoms with van der Waals surface area (Å²) in [6.07, 6.45) is 2.42. The van der Waals surface area contributed by atoms with Gasteiger partial charge in [-0.25, -0.2) is 13.8 Å². The smallest absolute Gasteiger partial charge is 0.287 e. The molecule has 0 saturated carbocycles. The number of likely N-dealkylation sites (N-methyl/N-ethyl adjacent to an activating group) is 1. The number of aromatic nitrogens is 3. The molecule has 3 heterocycles. The molecule has 1 saturated heterocycles. The molecule has 1 aliphatic heterocycles. The number of ether oxygens (including phenoxy) is 3. The second-order valence-corrected chi connectivity index (χ2v) is 12.4. The molecule has 13 heteroatoms. The van der Waals surface area contributed by atoms with Gasteiger partial charge in [-0.1, -0.05) is 24.3 Å². The van der Waals surface area contributed by atoms with Gasteiger partial charge in [-0.05, 0) is 62.0 Å². The fourth-order valence-corrected chi connectivity index (χ4v) is 6.15. The highest BCUT2D eigenvalue weighted by molar-refractivity contribution is 6.03. The summed E-state index contributed by atoms with van der Waals surface area (Å²) >= 11 is 0. The lowest BCUT2D eigenvalue weighted by molar-refractivity contribution is 0.102. The average molecular weight is 707 g/mol. The first kappa shape index (κ1) is 34.5. The van der Waals surface area contributed by atoms with Crippen molar-refractivity contribution in [3.05, 3.63) is 119 Å². The Balaban J connectivity index is 1.07. The van der Waals surface area contributed by atoms with Crippen molar-refractivity contribution in [2.24, 2.45) is 0 Å². The molecule has 0 atom stereocenters. The molecule has 1 amide bonds. The van der Waals surface area contributed by atoms with Gasteiger partial charge in [-0.15, -0.1) is 0 Å². The zero-order valence-electron chi connectivity index (χ0n) is 28.6. The van der Waals surface area contributed by atoms with Crippen LogP contribution < -0.4 is 25.1 Å². The van der Waals surface area contributed by atoms with Crippen LogP contribution in [0.4, 0.5) is 14.5 Å². The van der Waals surface area contributed by atoms with Crippen LogP contribution in [-0.2, 0) is 0 Å². The second kappa shape index (κ2) is 15.1. The summed E-state index contributed by atoms with van der Waals surface area (Å²) in [7, 11) is 3.68. The van der Waals surface area contributed by atoms with Gasteiger partial charge in [0.15, 0.2) is 28.8 Å². The van der Waals surface area contributed by atoms with Crippen molar-refractivity contribution in [1.82, 2.24) is 24.3 Å². The van der Waals surface area contributed by atoms with Crippen molar-refractivity contribution in [2.45, 2.75) is 6.42 Å². The number of amides is 1. The highest BCUT2D eigenvalue weighted by atomic mass is 19.1. The van der Waals surface area contributed by atoms with Gasteiger partial charge in [0.25, 0.3) is 11.5 Å². The zero-order valence-corrected chi connectivity index (χ0v) is 28.6. The van der Waals surface area contributed by atoms with Crippen molar-refractivity contribution >= 4 is 33.5 Å². The summed E-state index contributed by atoms with van der Waals surface area (Å²) in [5.41, 5.74) is -0.110. The predicted molar refractivity (Wildman–Crippen MR) is 194 cm³/mol. The van der Waals surface area contributed by atoms with Gasteiger partial charge in [0.1, 0.15) is 11.6 Å². The third kappa shape index (κ3) is 7.27. The molecule has 0 bridgehead atoms. The Morgan fingerprint density at radius 1 is 0.846 bits per heavy atom. The lowest BCUT2D eigenvalue weighted by Crippen LogP contribution is -2.44. The Labute approximate surface area is 298 Å². The van der Waals surface area contributed by atoms with Crippen LogP contribution in [-0.4, -0.2) is 83.7 Å². The van der Waals surface area contributed by atoms with Crippen LogP contribution in [0.5, 0.6) is 23.0 Å². The summed E-state index contributed by atoms with van der Waals surface area (Å²) in [5, 5.41) is 3.11. The maximum atomic E-state index is 15.5. The van der Waals surface area contributed by atoms with E-state index in [0.717, 1.165) is 49.8 Å². The van der Waals surface area contributed by atoms with Gasteiger partial charge in [0.2, 0.25) is 0 Å². The molecule has 0 spiro atoms. The Bertz CT molecular complexity index is 2330. The quantitative estimate of drug-likeness (QED) is 0.156. The number of carbonyl (C=O) groups excluding carboxylic acids is 1. The first-order chi connectivity index (χ1) is 25.3. The van der Waals surface area contributed by atoms with E-state index in [4.69, 9.17) is 14.2 Å². The summed E-state index contributed by atoms with van der Waals surface area (Å²) < 4.78 is 49.1. The number of halogens is 2. The fraction of sp³-hybridized carbons (Fsp3) is 0.231. The van der Waals surface area contributed by atoms with Gasteiger partial charge in [0, 0.05) is 62.1 Å². The zero-order chi connectivity index (χ0) is 36.2. The largest absolute Gasteiger partial charge is 0.493 e. The Morgan fingerprint density at radius 3 is 2.42 bits per heavy atom. The van der Waals surface area contributed by atoms with Gasteiger partial charge in [0.05, 0.1) is 36.0 Å². The van der Waals surface area contributed by atoms with Crippen LogP contribution in [0.2, 0.25) is 0 Å². The Morgan fingerprint density at radius 2 is 1.63 bits per heavy atom. The number of piperazine rings is 1. The van der Waals surface area contributed by atoms with E-state index in [9.17, 15) is 14.0 Å². The number of benzene rings is 4. The topological polar surface area (TPSA) is 111 Å². The second-order valence-electron chi connectivity index (χ2n) is 12.4. The van der Waals surface area contributed by atoms with E-state index < -0.39 is 28.8 Å². The SMILES string of the molecule is COc1cc2c(Oc3ccc(NC(=O)c4nc5ccccc5n(-c5ccccc5F)c4=O)cc3F)ccnc2cc1OCCCN1CCN(C)CC1. The van der Waals surface area contributed by atoms with Gasteiger partial charge >= 0.3 is 0 Å². The molecular weight excluding hydrogens is 670 g/mol. The molecule has 6 aromatic rings. The maximum absolute atomic E-state index is 15.5. The number of para-hydroxylation sites is 3. The van der Waals surface area contributed by atoms with Crippen LogP contribution in [0.15, 0.2) is 95.9 Å². The Kier molecular flexibility index (Phi) is 10.0. The van der Waals surface area contributed by atoms with Crippen molar-refractivity contribution in [2.75, 3.05) is 58.8 Å². The van der Waals surface area contributed by atoms with E-state index in [1.807, 2.05) is 0 Å². The van der Waals surface area contributed by atoms with Crippen LogP contribution in [0.1, 0.15) is 16.9 Å². The molecule has 7 rings (SSSR count). The van der Waals surface area contributed by atoms with Crippen LogP contribution >= 0.6 is 0 Å². The number of rotatable bonds is 11. The number of nitrogens with one attached hydrogen (secondary N) is 1. The monoisotopic (exact) mass is 706 g/mol. The van der Waals surface area contributed by atoms with E-state index in [2.05, 4.69) is 32.1 Å². The Hall–Kier alpha value is -5.92. The van der Waals surface area contributed by atoms with Crippen molar-refractivity contribution in [1.29, 1.82) is 0 Å². The minimum Gasteiger partial charge on any atom is -0.493 e. The van der Waals surface area contributed by atoms with Crippen molar-refractivity contribution in [3.63, 3.8) is 0 Å². The fourth-order valence-electron chi connectivity index (χ4n) is 6.15. The number of methoxy groups -OCH3 is 1. The highest BCUT2D eigenvalue weighted by Crippen LogP contribution is 2.38. The van der Waals surface area contributed by atoms with Gasteiger partial charge < -0.3 is 29.3 Å². The summed E-state index contributed by atoms with van der Waals surface area (Å²) in [4.78, 5) is 40.4. The molecule has 11 nitrogen and oxygen atoms in total. The number of hydrogen-bond acceptors (Lipinski definition) is 9. The molecule has 1 N–H and O–H groups in total. The molecule has 1 fully saturated rings. The number of hydrogen-bond donors (Lipinski definition) is 1. The molecular formula is C39H36F2N6O5. The molecule has 0 unspecified atom stereocenters. The van der Waals surface area contributed by atoms with Crippen LogP contribution in [0.25, 0.3) is 27.6 Å². The number of anilines is 1. The molecule has 0 aliphatic carbocycles. The minimum atomic E-state index is -0.890. The minimum absolute atomic E-state index is 0.0329. The average Bonchev–Trinajstić information content (AvgIpc) is 3.15. The molecule has 1 aliphatic rings. The molecule has 52 heavy (non-hydrogen) atoms. The number of carbonyl (C=O) groups is 1.